The first-order valence-electron chi connectivity index (χ1n) is 8.65. The van der Waals surface area contributed by atoms with Gasteiger partial charge in [0.1, 0.15) is 0 Å². The van der Waals surface area contributed by atoms with Gasteiger partial charge in [0.2, 0.25) is 5.91 Å². The summed E-state index contributed by atoms with van der Waals surface area (Å²) >= 11 is 1.80. The molecule has 0 bridgehead atoms. The number of carbonyl (C=O) groups is 1. The van der Waals surface area contributed by atoms with Crippen LogP contribution in [0.5, 0.6) is 0 Å². The zero-order chi connectivity index (χ0) is 17.1. The standard InChI is InChI=1S/C20H21N3OS/c24-19(14-17-5-1-4-16-6-2-8-21-20(16)17)23-11-9-22(10-12-23)15-18-7-3-13-25-18/h1-8,13H,9-12,14-15H2. The van der Waals surface area contributed by atoms with Crippen molar-refractivity contribution in [3.63, 3.8) is 0 Å². The van der Waals surface area contributed by atoms with Crippen LogP contribution in [0.3, 0.4) is 0 Å². The van der Waals surface area contributed by atoms with Crippen molar-refractivity contribution < 1.29 is 4.79 Å². The second kappa shape index (κ2) is 7.33. The number of nitrogens with zero attached hydrogens (tertiary/aromatic N) is 3. The van der Waals surface area contributed by atoms with E-state index in [4.69, 9.17) is 0 Å². The third-order valence-corrected chi connectivity index (χ3v) is 5.60. The Bertz CT molecular complexity index is 849. The minimum absolute atomic E-state index is 0.203. The number of pyridine rings is 1. The molecular weight excluding hydrogens is 330 g/mol. The van der Waals surface area contributed by atoms with E-state index in [1.165, 1.54) is 4.88 Å². The summed E-state index contributed by atoms with van der Waals surface area (Å²) in [5.41, 5.74) is 1.96. The number of para-hydroxylation sites is 1. The average molecular weight is 351 g/mol. The van der Waals surface area contributed by atoms with Crippen molar-refractivity contribution >= 4 is 28.1 Å². The smallest absolute Gasteiger partial charge is 0.227 e. The van der Waals surface area contributed by atoms with Gasteiger partial charge in [0.25, 0.3) is 0 Å². The number of aromatic nitrogens is 1. The van der Waals surface area contributed by atoms with Crippen LogP contribution in [0.1, 0.15) is 10.4 Å². The van der Waals surface area contributed by atoms with Gasteiger partial charge in [-0.1, -0.05) is 30.3 Å². The van der Waals surface area contributed by atoms with E-state index < -0.39 is 0 Å². The Morgan fingerprint density at radius 2 is 1.88 bits per heavy atom. The number of hydrogen-bond acceptors (Lipinski definition) is 4. The fourth-order valence-electron chi connectivity index (χ4n) is 3.36. The predicted octanol–water partition coefficient (Wildman–Crippen LogP) is 3.18. The molecule has 1 aliphatic rings. The van der Waals surface area contributed by atoms with Gasteiger partial charge in [0.05, 0.1) is 11.9 Å². The van der Waals surface area contributed by atoms with E-state index >= 15 is 0 Å². The van der Waals surface area contributed by atoms with Crippen molar-refractivity contribution in [2.75, 3.05) is 26.2 Å². The molecule has 3 aromatic rings. The zero-order valence-corrected chi connectivity index (χ0v) is 14.9. The van der Waals surface area contributed by atoms with Crippen molar-refractivity contribution in [3.8, 4) is 0 Å². The monoisotopic (exact) mass is 351 g/mol. The van der Waals surface area contributed by atoms with Crippen LogP contribution >= 0.6 is 11.3 Å². The van der Waals surface area contributed by atoms with Gasteiger partial charge < -0.3 is 4.90 Å². The molecule has 128 valence electrons. The van der Waals surface area contributed by atoms with E-state index in [9.17, 15) is 4.79 Å². The normalized spacial score (nSPS) is 15.6. The topological polar surface area (TPSA) is 36.4 Å². The second-order valence-electron chi connectivity index (χ2n) is 6.41. The molecule has 25 heavy (non-hydrogen) atoms. The molecule has 2 aromatic heterocycles. The highest BCUT2D eigenvalue weighted by atomic mass is 32.1. The number of carbonyl (C=O) groups excluding carboxylic acids is 1. The molecule has 0 spiro atoms. The van der Waals surface area contributed by atoms with E-state index in [1.54, 1.807) is 17.5 Å². The molecule has 4 nitrogen and oxygen atoms in total. The Morgan fingerprint density at radius 1 is 1.04 bits per heavy atom. The van der Waals surface area contributed by atoms with E-state index in [1.807, 2.05) is 35.2 Å². The van der Waals surface area contributed by atoms with E-state index in [0.29, 0.717) is 6.42 Å². The first-order chi connectivity index (χ1) is 12.3. The van der Waals surface area contributed by atoms with E-state index in [0.717, 1.165) is 49.2 Å². The van der Waals surface area contributed by atoms with Crippen molar-refractivity contribution in [1.29, 1.82) is 0 Å². The lowest BCUT2D eigenvalue weighted by molar-refractivity contribution is -0.132. The maximum atomic E-state index is 12.7. The van der Waals surface area contributed by atoms with E-state index in [2.05, 4.69) is 27.4 Å². The molecule has 0 atom stereocenters. The highest BCUT2D eigenvalue weighted by Crippen LogP contribution is 2.18. The SMILES string of the molecule is O=C(Cc1cccc2cccnc12)N1CCN(Cc2cccs2)CC1. The van der Waals surface area contributed by atoms with Crippen molar-refractivity contribution in [1.82, 2.24) is 14.8 Å². The van der Waals surface area contributed by atoms with Crippen molar-refractivity contribution in [2.45, 2.75) is 13.0 Å². The van der Waals surface area contributed by atoms with Gasteiger partial charge in [-0.3, -0.25) is 14.7 Å². The Hall–Kier alpha value is -2.24. The predicted molar refractivity (Wildman–Crippen MR) is 102 cm³/mol. The van der Waals surface area contributed by atoms with Gasteiger partial charge in [0, 0.05) is 49.2 Å². The second-order valence-corrected chi connectivity index (χ2v) is 7.44. The number of hydrogen-bond donors (Lipinski definition) is 0. The lowest BCUT2D eigenvalue weighted by Gasteiger charge is -2.34. The van der Waals surface area contributed by atoms with Crippen LogP contribution in [0.4, 0.5) is 0 Å². The Labute approximate surface area is 151 Å². The third kappa shape index (κ3) is 3.72. The minimum atomic E-state index is 0.203. The molecule has 0 aliphatic carbocycles. The summed E-state index contributed by atoms with van der Waals surface area (Å²) in [6.45, 7) is 4.49. The first kappa shape index (κ1) is 16.2. The lowest BCUT2D eigenvalue weighted by Crippen LogP contribution is -2.48. The van der Waals surface area contributed by atoms with Crippen LogP contribution in [-0.2, 0) is 17.8 Å². The van der Waals surface area contributed by atoms with Crippen LogP contribution in [0.15, 0.2) is 54.0 Å². The van der Waals surface area contributed by atoms with Gasteiger partial charge >= 0.3 is 0 Å². The third-order valence-electron chi connectivity index (χ3n) is 4.74. The lowest BCUT2D eigenvalue weighted by atomic mass is 10.1. The van der Waals surface area contributed by atoms with Crippen LogP contribution < -0.4 is 0 Å². The summed E-state index contributed by atoms with van der Waals surface area (Å²) in [6.07, 6.45) is 2.22. The quantitative estimate of drug-likeness (QED) is 0.724. The zero-order valence-electron chi connectivity index (χ0n) is 14.1. The number of amides is 1. The molecule has 0 saturated carbocycles. The molecule has 1 fully saturated rings. The van der Waals surface area contributed by atoms with Gasteiger partial charge in [-0.25, -0.2) is 0 Å². The van der Waals surface area contributed by atoms with Crippen LogP contribution in [-0.4, -0.2) is 46.9 Å². The first-order valence-corrected chi connectivity index (χ1v) is 9.53. The number of piperazine rings is 1. The molecule has 1 saturated heterocycles. The Morgan fingerprint density at radius 3 is 2.68 bits per heavy atom. The average Bonchev–Trinajstić information content (AvgIpc) is 3.16. The summed E-state index contributed by atoms with van der Waals surface area (Å²) in [4.78, 5) is 23.0. The number of thiophene rings is 1. The molecule has 1 amide bonds. The molecule has 3 heterocycles. The Kier molecular flexibility index (Phi) is 4.76. The number of benzene rings is 1. The molecule has 5 heteroatoms. The summed E-state index contributed by atoms with van der Waals surface area (Å²) < 4.78 is 0. The van der Waals surface area contributed by atoms with Crippen LogP contribution in [0.25, 0.3) is 10.9 Å². The summed E-state index contributed by atoms with van der Waals surface area (Å²) in [6, 6.07) is 14.3. The van der Waals surface area contributed by atoms with Crippen LogP contribution in [0, 0.1) is 0 Å². The summed E-state index contributed by atoms with van der Waals surface area (Å²) in [5, 5.41) is 3.21. The Balaban J connectivity index is 1.37. The highest BCUT2D eigenvalue weighted by molar-refractivity contribution is 7.09. The van der Waals surface area contributed by atoms with Gasteiger partial charge in [0.15, 0.2) is 0 Å². The van der Waals surface area contributed by atoms with Crippen LogP contribution in [0.2, 0.25) is 0 Å². The molecule has 1 aromatic carbocycles. The molecule has 1 aliphatic heterocycles. The van der Waals surface area contributed by atoms with Crippen molar-refractivity contribution in [3.05, 3.63) is 64.5 Å². The maximum absolute atomic E-state index is 12.7. The largest absolute Gasteiger partial charge is 0.340 e. The molecular formula is C20H21N3OS. The van der Waals surface area contributed by atoms with Crippen molar-refractivity contribution in [2.24, 2.45) is 0 Å². The summed E-state index contributed by atoms with van der Waals surface area (Å²) in [7, 11) is 0. The molecule has 0 radical (unpaired) electrons. The maximum Gasteiger partial charge on any atom is 0.227 e. The molecule has 0 unspecified atom stereocenters. The van der Waals surface area contributed by atoms with Gasteiger partial charge in [-0.2, -0.15) is 0 Å². The molecule has 4 rings (SSSR count). The minimum Gasteiger partial charge on any atom is -0.340 e. The van der Waals surface area contributed by atoms with Gasteiger partial charge in [-0.05, 0) is 23.1 Å². The van der Waals surface area contributed by atoms with E-state index in [-0.39, 0.29) is 5.91 Å². The highest BCUT2D eigenvalue weighted by Gasteiger charge is 2.22. The number of rotatable bonds is 4. The summed E-state index contributed by atoms with van der Waals surface area (Å²) in [5.74, 6) is 0.203. The fourth-order valence-corrected chi connectivity index (χ4v) is 4.11. The molecule has 0 N–H and O–H groups in total. The van der Waals surface area contributed by atoms with Gasteiger partial charge in [-0.15, -0.1) is 11.3 Å². The fraction of sp³-hybridized carbons (Fsp3) is 0.300. The number of fused-ring (bicyclic) bond motifs is 1.